The monoisotopic (exact) mass is 453 g/mol. The standard InChI is InChI=1S/C25H31N3O5/c29-24(28-20-9-11-21(12-10-20)33-17-23-4-2-14-32-23)16-26-19-7-5-18(6-8-19)25(30)27-15-22-3-1-13-31-22/h5-12,22-23,26H,1-4,13-17H2,(H,27,30)(H,28,29). The van der Waals surface area contributed by atoms with Crippen molar-refractivity contribution in [3.05, 3.63) is 54.1 Å². The van der Waals surface area contributed by atoms with Crippen molar-refractivity contribution in [1.82, 2.24) is 5.32 Å². The van der Waals surface area contributed by atoms with E-state index in [9.17, 15) is 9.59 Å². The minimum Gasteiger partial charge on any atom is -0.491 e. The molecule has 4 rings (SSSR count). The maximum Gasteiger partial charge on any atom is 0.251 e. The molecule has 2 heterocycles. The summed E-state index contributed by atoms with van der Waals surface area (Å²) in [7, 11) is 0. The van der Waals surface area contributed by atoms with Gasteiger partial charge in [0.15, 0.2) is 0 Å². The SMILES string of the molecule is O=C(CNc1ccc(C(=O)NCC2CCCO2)cc1)Nc1ccc(OCC2CCCO2)cc1. The molecule has 2 aliphatic heterocycles. The van der Waals surface area contributed by atoms with Crippen LogP contribution in [0.5, 0.6) is 5.75 Å². The number of ether oxygens (including phenoxy) is 3. The number of nitrogens with one attached hydrogen (secondary N) is 3. The van der Waals surface area contributed by atoms with E-state index in [-0.39, 0.29) is 30.6 Å². The van der Waals surface area contributed by atoms with Crippen LogP contribution in [0, 0.1) is 0 Å². The smallest absolute Gasteiger partial charge is 0.251 e. The topological polar surface area (TPSA) is 97.9 Å². The van der Waals surface area contributed by atoms with Crippen LogP contribution in [0.25, 0.3) is 0 Å². The Labute approximate surface area is 194 Å². The maximum atomic E-state index is 12.3. The fourth-order valence-corrected chi connectivity index (χ4v) is 3.84. The molecule has 3 N–H and O–H groups in total. The van der Waals surface area contributed by atoms with Crippen LogP contribution in [0.2, 0.25) is 0 Å². The molecular weight excluding hydrogens is 422 g/mol. The lowest BCUT2D eigenvalue weighted by atomic mass is 10.2. The van der Waals surface area contributed by atoms with Gasteiger partial charge in [-0.15, -0.1) is 0 Å². The molecule has 2 amide bonds. The van der Waals surface area contributed by atoms with E-state index in [1.54, 1.807) is 24.3 Å². The Kier molecular flexibility index (Phi) is 8.16. The molecule has 2 aromatic rings. The quantitative estimate of drug-likeness (QED) is 0.511. The molecule has 176 valence electrons. The number of hydrogen-bond acceptors (Lipinski definition) is 6. The summed E-state index contributed by atoms with van der Waals surface area (Å²) in [5.41, 5.74) is 2.04. The Morgan fingerprint density at radius 2 is 1.55 bits per heavy atom. The van der Waals surface area contributed by atoms with Crippen LogP contribution in [0.3, 0.4) is 0 Å². The van der Waals surface area contributed by atoms with Crippen molar-refractivity contribution in [3.63, 3.8) is 0 Å². The molecule has 8 nitrogen and oxygen atoms in total. The number of amides is 2. The van der Waals surface area contributed by atoms with E-state index in [0.717, 1.165) is 50.3 Å². The number of hydrogen-bond donors (Lipinski definition) is 3. The van der Waals surface area contributed by atoms with E-state index in [1.165, 1.54) is 0 Å². The van der Waals surface area contributed by atoms with Gasteiger partial charge in [-0.1, -0.05) is 0 Å². The first-order valence-electron chi connectivity index (χ1n) is 11.5. The van der Waals surface area contributed by atoms with Crippen molar-refractivity contribution in [1.29, 1.82) is 0 Å². The average Bonchev–Trinajstić information content (AvgIpc) is 3.55. The molecule has 0 saturated carbocycles. The minimum absolute atomic E-state index is 0.113. The van der Waals surface area contributed by atoms with Crippen molar-refractivity contribution in [2.45, 2.75) is 37.9 Å². The number of carbonyl (C=O) groups is 2. The molecule has 2 aromatic carbocycles. The van der Waals surface area contributed by atoms with Crippen LogP contribution in [0.4, 0.5) is 11.4 Å². The van der Waals surface area contributed by atoms with Gasteiger partial charge in [-0.05, 0) is 74.2 Å². The van der Waals surface area contributed by atoms with Crippen molar-refractivity contribution >= 4 is 23.2 Å². The number of carbonyl (C=O) groups excluding carboxylic acids is 2. The zero-order valence-electron chi connectivity index (χ0n) is 18.7. The second kappa shape index (κ2) is 11.7. The summed E-state index contributed by atoms with van der Waals surface area (Å²) in [5, 5.41) is 8.82. The number of rotatable bonds is 10. The third-order valence-corrected chi connectivity index (χ3v) is 5.71. The lowest BCUT2D eigenvalue weighted by Gasteiger charge is -2.12. The maximum absolute atomic E-state index is 12.3. The molecule has 0 spiro atoms. The van der Waals surface area contributed by atoms with Gasteiger partial charge in [0.2, 0.25) is 5.91 Å². The fraction of sp³-hybridized carbons (Fsp3) is 0.440. The van der Waals surface area contributed by atoms with Crippen LogP contribution in [0.1, 0.15) is 36.0 Å². The zero-order valence-corrected chi connectivity index (χ0v) is 18.7. The Morgan fingerprint density at radius 1 is 0.879 bits per heavy atom. The first-order chi connectivity index (χ1) is 16.2. The summed E-state index contributed by atoms with van der Waals surface area (Å²) in [6, 6.07) is 14.3. The number of benzene rings is 2. The van der Waals surface area contributed by atoms with E-state index in [2.05, 4.69) is 16.0 Å². The van der Waals surface area contributed by atoms with E-state index in [0.29, 0.717) is 24.4 Å². The van der Waals surface area contributed by atoms with Crippen LogP contribution >= 0.6 is 0 Å². The predicted octanol–water partition coefficient (Wildman–Crippen LogP) is 3.20. The molecule has 33 heavy (non-hydrogen) atoms. The van der Waals surface area contributed by atoms with E-state index in [1.807, 2.05) is 24.3 Å². The Bertz CT molecular complexity index is 905. The zero-order chi connectivity index (χ0) is 22.9. The fourth-order valence-electron chi connectivity index (χ4n) is 3.84. The summed E-state index contributed by atoms with van der Waals surface area (Å²) in [6.07, 6.45) is 4.44. The Hall–Kier alpha value is -3.10. The van der Waals surface area contributed by atoms with Gasteiger partial charge in [0, 0.05) is 36.7 Å². The molecule has 2 aliphatic rings. The lowest BCUT2D eigenvalue weighted by molar-refractivity contribution is -0.114. The summed E-state index contributed by atoms with van der Waals surface area (Å²) in [4.78, 5) is 24.5. The predicted molar refractivity (Wildman–Crippen MR) is 126 cm³/mol. The first kappa shape index (κ1) is 23.1. The summed E-state index contributed by atoms with van der Waals surface area (Å²) >= 11 is 0. The summed E-state index contributed by atoms with van der Waals surface area (Å²) < 4.78 is 16.8. The first-order valence-corrected chi connectivity index (χ1v) is 11.5. The highest BCUT2D eigenvalue weighted by Crippen LogP contribution is 2.18. The van der Waals surface area contributed by atoms with Gasteiger partial charge in [-0.3, -0.25) is 9.59 Å². The Morgan fingerprint density at radius 3 is 2.21 bits per heavy atom. The van der Waals surface area contributed by atoms with Crippen molar-refractivity contribution in [3.8, 4) is 5.75 Å². The van der Waals surface area contributed by atoms with Crippen molar-refractivity contribution < 1.29 is 23.8 Å². The molecule has 0 aromatic heterocycles. The van der Waals surface area contributed by atoms with Gasteiger partial charge in [0.25, 0.3) is 5.91 Å². The second-order valence-corrected chi connectivity index (χ2v) is 8.29. The van der Waals surface area contributed by atoms with Crippen LogP contribution in [-0.2, 0) is 14.3 Å². The van der Waals surface area contributed by atoms with Gasteiger partial charge in [-0.25, -0.2) is 0 Å². The molecule has 8 heteroatoms. The highest BCUT2D eigenvalue weighted by atomic mass is 16.5. The Balaban J connectivity index is 1.16. The second-order valence-electron chi connectivity index (χ2n) is 8.29. The van der Waals surface area contributed by atoms with E-state index < -0.39 is 0 Å². The average molecular weight is 454 g/mol. The third-order valence-electron chi connectivity index (χ3n) is 5.71. The molecular formula is C25H31N3O5. The lowest BCUT2D eigenvalue weighted by Crippen LogP contribution is -2.31. The van der Waals surface area contributed by atoms with Crippen molar-refractivity contribution in [2.24, 2.45) is 0 Å². The molecule has 2 saturated heterocycles. The minimum atomic E-state index is -0.165. The highest BCUT2D eigenvalue weighted by Gasteiger charge is 2.17. The molecule has 0 radical (unpaired) electrons. The van der Waals surface area contributed by atoms with E-state index >= 15 is 0 Å². The highest BCUT2D eigenvalue weighted by molar-refractivity contribution is 5.95. The van der Waals surface area contributed by atoms with Crippen LogP contribution in [0.15, 0.2) is 48.5 Å². The van der Waals surface area contributed by atoms with Crippen molar-refractivity contribution in [2.75, 3.05) is 43.5 Å². The molecule has 2 fully saturated rings. The summed E-state index contributed by atoms with van der Waals surface area (Å²) in [5.74, 6) is 0.459. The van der Waals surface area contributed by atoms with Gasteiger partial charge >= 0.3 is 0 Å². The van der Waals surface area contributed by atoms with E-state index in [4.69, 9.17) is 14.2 Å². The number of anilines is 2. The van der Waals surface area contributed by atoms with Gasteiger partial charge in [0.05, 0.1) is 18.8 Å². The third kappa shape index (κ3) is 7.20. The van der Waals surface area contributed by atoms with Gasteiger partial charge in [0.1, 0.15) is 12.4 Å². The molecule has 0 bridgehead atoms. The largest absolute Gasteiger partial charge is 0.491 e. The van der Waals surface area contributed by atoms with Gasteiger partial charge in [-0.2, -0.15) is 0 Å². The normalized spacial score (nSPS) is 19.8. The molecule has 0 aliphatic carbocycles. The van der Waals surface area contributed by atoms with Crippen LogP contribution < -0.4 is 20.7 Å². The summed E-state index contributed by atoms with van der Waals surface area (Å²) in [6.45, 7) is 2.76. The molecule has 2 unspecified atom stereocenters. The van der Waals surface area contributed by atoms with Gasteiger partial charge < -0.3 is 30.2 Å². The molecule has 2 atom stereocenters. The van der Waals surface area contributed by atoms with Crippen LogP contribution in [-0.4, -0.2) is 56.9 Å².